The third kappa shape index (κ3) is 4.58. The highest BCUT2D eigenvalue weighted by Gasteiger charge is 2.15. The van der Waals surface area contributed by atoms with Gasteiger partial charge in [-0.15, -0.1) is 11.3 Å². The first-order valence-corrected chi connectivity index (χ1v) is 11.4. The summed E-state index contributed by atoms with van der Waals surface area (Å²) in [5, 5.41) is 6.80. The van der Waals surface area contributed by atoms with E-state index < -0.39 is 0 Å². The molecule has 0 spiro atoms. The van der Waals surface area contributed by atoms with E-state index in [9.17, 15) is 0 Å². The maximum atomic E-state index is 5.83. The van der Waals surface area contributed by atoms with Crippen molar-refractivity contribution in [2.75, 3.05) is 11.1 Å². The number of nitrogens with two attached hydrogens (primary N) is 1. The van der Waals surface area contributed by atoms with Crippen LogP contribution in [0.5, 0.6) is 0 Å². The van der Waals surface area contributed by atoms with Crippen molar-refractivity contribution in [1.82, 2.24) is 19.9 Å². The summed E-state index contributed by atoms with van der Waals surface area (Å²) in [7, 11) is 0. The summed E-state index contributed by atoms with van der Waals surface area (Å²) in [6, 6.07) is 22.2. The number of pyridine rings is 1. The van der Waals surface area contributed by atoms with Crippen molar-refractivity contribution in [2.45, 2.75) is 20.4 Å². The fourth-order valence-electron chi connectivity index (χ4n) is 3.35. The highest BCUT2D eigenvalue weighted by molar-refractivity contribution is 7.13. The Kier molecular flexibility index (Phi) is 6.67. The van der Waals surface area contributed by atoms with E-state index in [2.05, 4.69) is 33.5 Å². The number of hydrogen-bond acceptors (Lipinski definition) is 7. The number of nitrogens with one attached hydrogen (secondary N) is 1. The van der Waals surface area contributed by atoms with Crippen LogP contribution in [-0.2, 0) is 6.54 Å². The van der Waals surface area contributed by atoms with Crippen molar-refractivity contribution in [1.29, 1.82) is 0 Å². The van der Waals surface area contributed by atoms with Crippen molar-refractivity contribution in [3.05, 3.63) is 84.0 Å². The second kappa shape index (κ2) is 9.98. The molecule has 0 saturated heterocycles. The van der Waals surface area contributed by atoms with Gasteiger partial charge in [-0.3, -0.25) is 4.98 Å². The largest absolute Gasteiger partial charge is 0.375 e. The summed E-state index contributed by atoms with van der Waals surface area (Å²) in [6.45, 7) is 4.55. The first kappa shape index (κ1) is 21.4. The Morgan fingerprint density at radius 1 is 0.875 bits per heavy atom. The molecule has 0 atom stereocenters. The van der Waals surface area contributed by atoms with Crippen molar-refractivity contribution < 1.29 is 0 Å². The maximum absolute atomic E-state index is 5.83. The van der Waals surface area contributed by atoms with Crippen molar-refractivity contribution in [3.63, 3.8) is 0 Å². The Bertz CT molecular complexity index is 1300. The SMILES string of the molecule is CC.Nc1nc(-c2nc(NCc3ccccn3)c3c(-c4ccccc4)cccc3n2)cs1. The Balaban J connectivity index is 0.00000119. The zero-order valence-corrected chi connectivity index (χ0v) is 18.8. The Morgan fingerprint density at radius 3 is 2.41 bits per heavy atom. The van der Waals surface area contributed by atoms with Gasteiger partial charge in [0.2, 0.25) is 0 Å². The third-order valence-corrected chi connectivity index (χ3v) is 5.40. The molecule has 0 radical (unpaired) electrons. The second-order valence-corrected chi connectivity index (χ2v) is 7.60. The molecule has 0 aliphatic rings. The molecule has 0 aliphatic carbocycles. The van der Waals surface area contributed by atoms with Gasteiger partial charge in [0.15, 0.2) is 11.0 Å². The van der Waals surface area contributed by atoms with E-state index in [-0.39, 0.29) is 0 Å². The summed E-state index contributed by atoms with van der Waals surface area (Å²) in [5.74, 6) is 1.29. The van der Waals surface area contributed by atoms with Crippen LogP contribution in [0.4, 0.5) is 10.9 Å². The standard InChI is InChI=1S/C23H18N6S.C2H6/c24-23-28-19(14-30-23)21-27-18-11-6-10-17(15-7-2-1-3-8-15)20(18)22(29-21)26-13-16-9-4-5-12-25-16;1-2/h1-12,14H,13H2,(H2,24,28)(H,26,27,29);1-2H3. The molecular weight excluding hydrogens is 416 g/mol. The summed E-state index contributed by atoms with van der Waals surface area (Å²) in [4.78, 5) is 18.4. The lowest BCUT2D eigenvalue weighted by molar-refractivity contribution is 1.03. The highest BCUT2D eigenvalue weighted by Crippen LogP contribution is 2.34. The number of aromatic nitrogens is 4. The minimum Gasteiger partial charge on any atom is -0.375 e. The molecule has 5 aromatic rings. The lowest BCUT2D eigenvalue weighted by Gasteiger charge is -2.14. The molecule has 2 aromatic carbocycles. The number of nitrogen functional groups attached to an aromatic ring is 1. The van der Waals surface area contributed by atoms with Gasteiger partial charge >= 0.3 is 0 Å². The summed E-state index contributed by atoms with van der Waals surface area (Å²) in [5.41, 5.74) is 10.5. The number of anilines is 2. The van der Waals surface area contributed by atoms with E-state index in [0.29, 0.717) is 23.2 Å². The number of thiazole rings is 1. The van der Waals surface area contributed by atoms with E-state index in [0.717, 1.165) is 33.5 Å². The van der Waals surface area contributed by atoms with Gasteiger partial charge in [0.05, 0.1) is 23.1 Å². The predicted molar refractivity (Wildman–Crippen MR) is 133 cm³/mol. The molecule has 5 rings (SSSR count). The lowest BCUT2D eigenvalue weighted by atomic mass is 10.0. The molecule has 6 nitrogen and oxygen atoms in total. The second-order valence-electron chi connectivity index (χ2n) is 6.71. The van der Waals surface area contributed by atoms with E-state index in [1.807, 2.05) is 67.8 Å². The molecule has 7 heteroatoms. The maximum Gasteiger partial charge on any atom is 0.181 e. The Labute approximate surface area is 191 Å². The summed E-state index contributed by atoms with van der Waals surface area (Å²) >= 11 is 1.38. The van der Waals surface area contributed by atoms with Crippen LogP contribution >= 0.6 is 11.3 Å². The number of fused-ring (bicyclic) bond motifs is 1. The molecule has 3 N–H and O–H groups in total. The molecule has 3 aromatic heterocycles. The van der Waals surface area contributed by atoms with Crippen LogP contribution in [0.25, 0.3) is 33.5 Å². The van der Waals surface area contributed by atoms with Crippen LogP contribution in [0.1, 0.15) is 19.5 Å². The zero-order valence-electron chi connectivity index (χ0n) is 18.0. The number of rotatable bonds is 5. The summed E-state index contributed by atoms with van der Waals surface area (Å²) in [6.07, 6.45) is 1.79. The number of benzene rings is 2. The molecule has 0 unspecified atom stereocenters. The average Bonchev–Trinajstić information content (AvgIpc) is 3.30. The van der Waals surface area contributed by atoms with Gasteiger partial charge in [0, 0.05) is 11.6 Å². The molecule has 0 amide bonds. The number of hydrogen-bond donors (Lipinski definition) is 2. The molecule has 3 heterocycles. The fourth-order valence-corrected chi connectivity index (χ4v) is 3.89. The third-order valence-electron chi connectivity index (χ3n) is 4.72. The van der Waals surface area contributed by atoms with Crippen LogP contribution < -0.4 is 11.1 Å². The van der Waals surface area contributed by atoms with E-state index in [1.165, 1.54) is 11.3 Å². The molecular formula is C25H24N6S. The van der Waals surface area contributed by atoms with Crippen LogP contribution in [0.15, 0.2) is 78.3 Å². The molecule has 0 bridgehead atoms. The lowest BCUT2D eigenvalue weighted by Crippen LogP contribution is -2.06. The van der Waals surface area contributed by atoms with Crippen molar-refractivity contribution in [3.8, 4) is 22.6 Å². The molecule has 0 saturated carbocycles. The van der Waals surface area contributed by atoms with Crippen LogP contribution in [0.3, 0.4) is 0 Å². The normalized spacial score (nSPS) is 10.4. The van der Waals surface area contributed by atoms with E-state index in [1.54, 1.807) is 6.20 Å². The Hall–Kier alpha value is -3.84. The van der Waals surface area contributed by atoms with Gasteiger partial charge in [0.1, 0.15) is 11.5 Å². The van der Waals surface area contributed by atoms with Gasteiger partial charge in [-0.2, -0.15) is 0 Å². The topological polar surface area (TPSA) is 89.6 Å². The van der Waals surface area contributed by atoms with Gasteiger partial charge in [-0.05, 0) is 29.3 Å². The quantitative estimate of drug-likeness (QED) is 0.346. The Morgan fingerprint density at radius 2 is 1.69 bits per heavy atom. The molecule has 32 heavy (non-hydrogen) atoms. The highest BCUT2D eigenvalue weighted by atomic mass is 32.1. The minimum absolute atomic E-state index is 0.495. The van der Waals surface area contributed by atoms with E-state index in [4.69, 9.17) is 15.7 Å². The first-order chi connectivity index (χ1) is 15.8. The van der Waals surface area contributed by atoms with Crippen molar-refractivity contribution >= 4 is 33.2 Å². The van der Waals surface area contributed by atoms with Crippen LogP contribution in [0, 0.1) is 0 Å². The molecule has 0 fully saturated rings. The molecule has 160 valence electrons. The van der Waals surface area contributed by atoms with Crippen molar-refractivity contribution in [2.24, 2.45) is 0 Å². The fraction of sp³-hybridized carbons (Fsp3) is 0.120. The van der Waals surface area contributed by atoms with Crippen LogP contribution in [0.2, 0.25) is 0 Å². The monoisotopic (exact) mass is 440 g/mol. The van der Waals surface area contributed by atoms with Gasteiger partial charge < -0.3 is 11.1 Å². The average molecular weight is 441 g/mol. The number of nitrogens with zero attached hydrogens (tertiary/aromatic N) is 4. The minimum atomic E-state index is 0.495. The first-order valence-electron chi connectivity index (χ1n) is 10.5. The van der Waals surface area contributed by atoms with Crippen LogP contribution in [-0.4, -0.2) is 19.9 Å². The molecule has 0 aliphatic heterocycles. The predicted octanol–water partition coefficient (Wildman–Crippen LogP) is 6.04. The smallest absolute Gasteiger partial charge is 0.181 e. The van der Waals surface area contributed by atoms with E-state index >= 15 is 0 Å². The van der Waals surface area contributed by atoms with Gasteiger partial charge in [0.25, 0.3) is 0 Å². The van der Waals surface area contributed by atoms with Gasteiger partial charge in [-0.25, -0.2) is 15.0 Å². The summed E-state index contributed by atoms with van der Waals surface area (Å²) < 4.78 is 0. The van der Waals surface area contributed by atoms with Gasteiger partial charge in [-0.1, -0.05) is 62.4 Å². The zero-order chi connectivity index (χ0) is 22.3.